The monoisotopic (exact) mass is 220 g/mol. The maximum absolute atomic E-state index is 4.56. The first kappa shape index (κ1) is 11.2. The van der Waals surface area contributed by atoms with Gasteiger partial charge in [-0.2, -0.15) is 0 Å². The van der Waals surface area contributed by atoms with Crippen molar-refractivity contribution in [3.05, 3.63) is 0 Å². The first-order valence-electron chi connectivity index (χ1n) is 4.01. The Bertz CT molecular complexity index is 205. The van der Waals surface area contributed by atoms with Crippen molar-refractivity contribution in [2.45, 2.75) is 5.50 Å². The third kappa shape index (κ3) is 2.77. The van der Waals surface area contributed by atoms with Crippen LogP contribution in [-0.4, -0.2) is 60.8 Å². The van der Waals surface area contributed by atoms with Crippen LogP contribution in [0.3, 0.4) is 0 Å². The summed E-state index contributed by atoms with van der Waals surface area (Å²) in [7, 11) is 13.6. The number of nitrogens with zero attached hydrogens (tertiary/aromatic N) is 4. The van der Waals surface area contributed by atoms with Gasteiger partial charge in [-0.15, -0.1) is 0 Å². The van der Waals surface area contributed by atoms with Gasteiger partial charge in [-0.1, -0.05) is 0 Å². The molecule has 0 bridgehead atoms. The number of amidine groups is 1. The summed E-state index contributed by atoms with van der Waals surface area (Å²) in [6.07, 6.45) is 0. The van der Waals surface area contributed by atoms with Gasteiger partial charge in [0, 0.05) is 35.2 Å². The van der Waals surface area contributed by atoms with Crippen LogP contribution in [-0.2, 0) is 0 Å². The SMILES string of the molecule is CN(C)C1=NC(N(C)N(C)C)SS1. The third-order valence-electron chi connectivity index (χ3n) is 1.76. The molecule has 0 saturated carbocycles. The topological polar surface area (TPSA) is 22.1 Å². The zero-order valence-electron chi connectivity index (χ0n) is 8.68. The van der Waals surface area contributed by atoms with E-state index in [2.05, 4.69) is 10.0 Å². The summed E-state index contributed by atoms with van der Waals surface area (Å²) in [5.74, 6) is 0. The third-order valence-corrected chi connectivity index (χ3v) is 4.31. The average Bonchev–Trinajstić information content (AvgIpc) is 2.50. The molecule has 0 aliphatic carbocycles. The van der Waals surface area contributed by atoms with Crippen LogP contribution < -0.4 is 0 Å². The number of hydrogen-bond donors (Lipinski definition) is 0. The summed E-state index contributed by atoms with van der Waals surface area (Å²) in [5, 5.41) is 5.23. The van der Waals surface area contributed by atoms with Crippen LogP contribution >= 0.6 is 21.6 Å². The predicted molar refractivity (Wildman–Crippen MR) is 61.5 cm³/mol. The van der Waals surface area contributed by atoms with Gasteiger partial charge in [-0.05, 0) is 21.6 Å². The Kier molecular flexibility index (Phi) is 3.90. The van der Waals surface area contributed by atoms with E-state index in [-0.39, 0.29) is 5.50 Å². The standard InChI is InChI=1S/C7H16N4S2/c1-9(2)6-8-7(13-12-6)11(5)10(3)4/h7H,1-5H3. The Hall–Kier alpha value is 0.0900. The summed E-state index contributed by atoms with van der Waals surface area (Å²) >= 11 is 0. The molecule has 0 spiro atoms. The fraction of sp³-hybridized carbons (Fsp3) is 0.857. The zero-order chi connectivity index (χ0) is 10.0. The second-order valence-corrected chi connectivity index (χ2v) is 5.46. The molecule has 0 aromatic heterocycles. The van der Waals surface area contributed by atoms with Crippen molar-refractivity contribution >= 4 is 26.8 Å². The summed E-state index contributed by atoms with van der Waals surface area (Å²) < 4.78 is 0. The molecule has 0 N–H and O–H groups in total. The van der Waals surface area contributed by atoms with E-state index in [0.717, 1.165) is 5.17 Å². The maximum Gasteiger partial charge on any atom is 0.174 e. The summed E-state index contributed by atoms with van der Waals surface area (Å²) in [6.45, 7) is 0. The predicted octanol–water partition coefficient (Wildman–Crippen LogP) is 0.991. The lowest BCUT2D eigenvalue weighted by molar-refractivity contribution is 0.0474. The van der Waals surface area contributed by atoms with Crippen LogP contribution in [0.5, 0.6) is 0 Å². The molecular weight excluding hydrogens is 204 g/mol. The molecule has 6 heteroatoms. The molecule has 0 aromatic rings. The van der Waals surface area contributed by atoms with Crippen LogP contribution in [0.2, 0.25) is 0 Å². The first-order chi connectivity index (χ1) is 6.02. The fourth-order valence-electron chi connectivity index (χ4n) is 0.757. The highest BCUT2D eigenvalue weighted by Gasteiger charge is 2.25. The van der Waals surface area contributed by atoms with Crippen molar-refractivity contribution in [3.63, 3.8) is 0 Å². The lowest BCUT2D eigenvalue weighted by Gasteiger charge is -2.26. The largest absolute Gasteiger partial charge is 0.357 e. The highest BCUT2D eigenvalue weighted by molar-refractivity contribution is 8.82. The van der Waals surface area contributed by atoms with E-state index in [9.17, 15) is 0 Å². The van der Waals surface area contributed by atoms with Crippen LogP contribution in [0.4, 0.5) is 0 Å². The van der Waals surface area contributed by atoms with Crippen LogP contribution in [0.1, 0.15) is 0 Å². The van der Waals surface area contributed by atoms with Gasteiger partial charge in [0.1, 0.15) is 0 Å². The fourth-order valence-corrected chi connectivity index (χ4v) is 3.34. The van der Waals surface area contributed by atoms with Gasteiger partial charge in [-0.25, -0.2) is 15.0 Å². The lowest BCUT2D eigenvalue weighted by Crippen LogP contribution is -2.38. The van der Waals surface area contributed by atoms with Crippen molar-refractivity contribution < 1.29 is 0 Å². The molecule has 4 nitrogen and oxygen atoms in total. The zero-order valence-corrected chi connectivity index (χ0v) is 10.3. The van der Waals surface area contributed by atoms with Gasteiger partial charge in [0.25, 0.3) is 0 Å². The minimum Gasteiger partial charge on any atom is -0.357 e. The van der Waals surface area contributed by atoms with E-state index in [1.165, 1.54) is 0 Å². The summed E-state index contributed by atoms with van der Waals surface area (Å²) in [6, 6.07) is 0. The van der Waals surface area contributed by atoms with Crippen molar-refractivity contribution in [2.24, 2.45) is 4.99 Å². The molecule has 0 radical (unpaired) electrons. The Morgan fingerprint density at radius 3 is 2.15 bits per heavy atom. The molecule has 0 saturated heterocycles. The van der Waals surface area contributed by atoms with Crippen molar-refractivity contribution in [3.8, 4) is 0 Å². The van der Waals surface area contributed by atoms with Gasteiger partial charge in [0.05, 0.1) is 0 Å². The molecule has 0 amide bonds. The van der Waals surface area contributed by atoms with Gasteiger partial charge < -0.3 is 4.90 Å². The van der Waals surface area contributed by atoms with E-state index in [4.69, 9.17) is 0 Å². The van der Waals surface area contributed by atoms with E-state index >= 15 is 0 Å². The normalized spacial score (nSPS) is 22.7. The Balaban J connectivity index is 2.57. The van der Waals surface area contributed by atoms with Gasteiger partial charge in [-0.3, -0.25) is 0 Å². The highest BCUT2D eigenvalue weighted by atomic mass is 33.1. The van der Waals surface area contributed by atoms with Crippen LogP contribution in [0.15, 0.2) is 4.99 Å². The molecule has 1 aliphatic heterocycles. The van der Waals surface area contributed by atoms with E-state index in [1.807, 2.05) is 45.1 Å². The van der Waals surface area contributed by atoms with E-state index in [1.54, 1.807) is 21.6 Å². The van der Waals surface area contributed by atoms with E-state index < -0.39 is 0 Å². The van der Waals surface area contributed by atoms with Gasteiger partial charge in [0.2, 0.25) is 0 Å². The number of aliphatic imine (C=N–C) groups is 1. The summed E-state index contributed by atoms with van der Waals surface area (Å²) in [4.78, 5) is 6.60. The minimum absolute atomic E-state index is 0.206. The summed E-state index contributed by atoms with van der Waals surface area (Å²) in [5.41, 5.74) is 0.206. The van der Waals surface area contributed by atoms with Crippen LogP contribution in [0.25, 0.3) is 0 Å². The number of rotatable bonds is 2. The first-order valence-corrected chi connectivity index (χ1v) is 6.22. The Morgan fingerprint density at radius 2 is 1.77 bits per heavy atom. The number of hydrazine groups is 1. The second kappa shape index (κ2) is 4.54. The Morgan fingerprint density at radius 1 is 1.15 bits per heavy atom. The molecule has 1 unspecified atom stereocenters. The van der Waals surface area contributed by atoms with Crippen molar-refractivity contribution in [2.75, 3.05) is 35.2 Å². The van der Waals surface area contributed by atoms with E-state index in [0.29, 0.717) is 0 Å². The molecule has 76 valence electrons. The van der Waals surface area contributed by atoms with Gasteiger partial charge in [0.15, 0.2) is 10.7 Å². The minimum atomic E-state index is 0.206. The molecule has 1 atom stereocenters. The molecule has 1 rings (SSSR count). The highest BCUT2D eigenvalue weighted by Crippen LogP contribution is 2.38. The molecule has 1 heterocycles. The number of hydrogen-bond acceptors (Lipinski definition) is 6. The molecule has 1 aliphatic rings. The Labute approximate surface area is 87.7 Å². The molecule has 0 aromatic carbocycles. The smallest absolute Gasteiger partial charge is 0.174 e. The molecule has 0 fully saturated rings. The quantitative estimate of drug-likeness (QED) is 0.510. The lowest BCUT2D eigenvalue weighted by atomic mass is 10.8. The van der Waals surface area contributed by atoms with Crippen molar-refractivity contribution in [1.29, 1.82) is 0 Å². The second-order valence-electron chi connectivity index (χ2n) is 3.23. The maximum atomic E-state index is 4.56. The average molecular weight is 220 g/mol. The van der Waals surface area contributed by atoms with Crippen molar-refractivity contribution in [1.82, 2.24) is 14.9 Å². The molecular formula is C7H16N4S2. The van der Waals surface area contributed by atoms with Crippen LogP contribution in [0, 0.1) is 0 Å². The molecule has 13 heavy (non-hydrogen) atoms. The van der Waals surface area contributed by atoms with Gasteiger partial charge >= 0.3 is 0 Å².